The highest BCUT2D eigenvalue weighted by molar-refractivity contribution is 5.80. The Bertz CT molecular complexity index is 928. The molecule has 3 aromatic rings. The first-order valence-electron chi connectivity index (χ1n) is 9.69. The summed E-state index contributed by atoms with van der Waals surface area (Å²) in [5.74, 6) is 1.77. The molecule has 0 amide bonds. The third-order valence-electron chi connectivity index (χ3n) is 5.52. The molecule has 5 nitrogen and oxygen atoms in total. The number of fused-ring (bicyclic) bond motifs is 2. The van der Waals surface area contributed by atoms with E-state index >= 15 is 0 Å². The number of rotatable bonds is 4. The SMILES string of the molecule is c1cc2c(c(N3CCN(CCc4coc5ccccc45)CC3)c1)OCCO2. The van der Waals surface area contributed by atoms with Crippen molar-refractivity contribution >= 4 is 16.7 Å². The lowest BCUT2D eigenvalue weighted by Crippen LogP contribution is -2.47. The molecule has 1 aromatic heterocycles. The van der Waals surface area contributed by atoms with Gasteiger partial charge in [-0.15, -0.1) is 0 Å². The van der Waals surface area contributed by atoms with Gasteiger partial charge >= 0.3 is 0 Å². The topological polar surface area (TPSA) is 38.1 Å². The van der Waals surface area contributed by atoms with Gasteiger partial charge in [0.25, 0.3) is 0 Å². The van der Waals surface area contributed by atoms with E-state index in [9.17, 15) is 0 Å². The van der Waals surface area contributed by atoms with Crippen LogP contribution in [0.25, 0.3) is 11.0 Å². The summed E-state index contributed by atoms with van der Waals surface area (Å²) in [5.41, 5.74) is 3.44. The minimum Gasteiger partial charge on any atom is -0.486 e. The molecule has 140 valence electrons. The number of anilines is 1. The van der Waals surface area contributed by atoms with Crippen LogP contribution in [-0.2, 0) is 6.42 Å². The van der Waals surface area contributed by atoms with Crippen molar-refractivity contribution in [3.63, 3.8) is 0 Å². The van der Waals surface area contributed by atoms with Gasteiger partial charge in [-0.3, -0.25) is 4.90 Å². The van der Waals surface area contributed by atoms with Crippen molar-refractivity contribution in [1.82, 2.24) is 4.90 Å². The average Bonchev–Trinajstić information content (AvgIpc) is 3.15. The largest absolute Gasteiger partial charge is 0.486 e. The molecule has 0 atom stereocenters. The smallest absolute Gasteiger partial charge is 0.184 e. The second-order valence-electron chi connectivity index (χ2n) is 7.14. The first-order chi connectivity index (χ1) is 13.4. The average molecular weight is 364 g/mol. The molecule has 0 unspecified atom stereocenters. The maximum absolute atomic E-state index is 5.88. The van der Waals surface area contributed by atoms with Crippen LogP contribution in [0.2, 0.25) is 0 Å². The van der Waals surface area contributed by atoms with Crippen molar-refractivity contribution in [3.05, 3.63) is 54.3 Å². The molecule has 0 radical (unpaired) electrons. The van der Waals surface area contributed by atoms with Gasteiger partial charge < -0.3 is 18.8 Å². The molecule has 2 aliphatic rings. The molecule has 5 heteroatoms. The van der Waals surface area contributed by atoms with Gasteiger partial charge in [0.1, 0.15) is 18.8 Å². The quantitative estimate of drug-likeness (QED) is 0.708. The van der Waals surface area contributed by atoms with Gasteiger partial charge in [-0.25, -0.2) is 0 Å². The Labute approximate surface area is 159 Å². The molecule has 0 spiro atoms. The van der Waals surface area contributed by atoms with Crippen LogP contribution < -0.4 is 14.4 Å². The lowest BCUT2D eigenvalue weighted by atomic mass is 10.1. The lowest BCUT2D eigenvalue weighted by Gasteiger charge is -2.37. The van der Waals surface area contributed by atoms with Crippen LogP contribution in [0.3, 0.4) is 0 Å². The fraction of sp³-hybridized carbons (Fsp3) is 0.364. The highest BCUT2D eigenvalue weighted by Gasteiger charge is 2.23. The first kappa shape index (κ1) is 16.5. The van der Waals surface area contributed by atoms with E-state index < -0.39 is 0 Å². The summed E-state index contributed by atoms with van der Waals surface area (Å²) < 4.78 is 17.3. The summed E-state index contributed by atoms with van der Waals surface area (Å²) in [5, 5.41) is 1.24. The molecule has 0 bridgehead atoms. The molecule has 27 heavy (non-hydrogen) atoms. The van der Waals surface area contributed by atoms with Gasteiger partial charge in [-0.1, -0.05) is 24.3 Å². The number of benzene rings is 2. The van der Waals surface area contributed by atoms with E-state index in [-0.39, 0.29) is 0 Å². The van der Waals surface area contributed by atoms with E-state index in [1.54, 1.807) is 0 Å². The highest BCUT2D eigenvalue weighted by Crippen LogP contribution is 2.39. The van der Waals surface area contributed by atoms with Gasteiger partial charge in [0.15, 0.2) is 11.5 Å². The van der Waals surface area contributed by atoms with Gasteiger partial charge in [-0.2, -0.15) is 0 Å². The van der Waals surface area contributed by atoms with Crippen LogP contribution in [0.15, 0.2) is 53.1 Å². The Kier molecular flexibility index (Phi) is 4.38. The number of piperazine rings is 1. The standard InChI is InChI=1S/C22H24N2O3/c1-2-6-20-18(4-1)17(16-27-20)8-9-23-10-12-24(13-11-23)19-5-3-7-21-22(19)26-15-14-25-21/h1-7,16H,8-15H2. The fourth-order valence-corrected chi connectivity index (χ4v) is 4.02. The zero-order valence-electron chi connectivity index (χ0n) is 15.4. The van der Waals surface area contributed by atoms with Crippen LogP contribution in [0.5, 0.6) is 11.5 Å². The van der Waals surface area contributed by atoms with Crippen molar-refractivity contribution in [3.8, 4) is 11.5 Å². The van der Waals surface area contributed by atoms with Crippen LogP contribution in [0.1, 0.15) is 5.56 Å². The van der Waals surface area contributed by atoms with Gasteiger partial charge in [-0.05, 0) is 30.2 Å². The number of nitrogens with zero attached hydrogens (tertiary/aromatic N) is 2. The Morgan fingerprint density at radius 2 is 1.70 bits per heavy atom. The maximum Gasteiger partial charge on any atom is 0.184 e. The molecule has 0 aliphatic carbocycles. The molecular weight excluding hydrogens is 340 g/mol. The minimum atomic E-state index is 0.628. The van der Waals surface area contributed by atoms with E-state index in [0.717, 1.165) is 61.9 Å². The number of furan rings is 1. The molecule has 3 heterocycles. The summed E-state index contributed by atoms with van der Waals surface area (Å²) in [4.78, 5) is 4.95. The van der Waals surface area contributed by atoms with Crippen LogP contribution in [-0.4, -0.2) is 50.8 Å². The van der Waals surface area contributed by atoms with Gasteiger partial charge in [0, 0.05) is 38.1 Å². The zero-order valence-corrected chi connectivity index (χ0v) is 15.4. The normalized spacial score (nSPS) is 17.4. The number of ether oxygens (including phenoxy) is 2. The number of hydrogen-bond acceptors (Lipinski definition) is 5. The molecule has 1 saturated heterocycles. The third-order valence-corrected chi connectivity index (χ3v) is 5.52. The zero-order chi connectivity index (χ0) is 18.1. The van der Waals surface area contributed by atoms with Crippen LogP contribution >= 0.6 is 0 Å². The van der Waals surface area contributed by atoms with Crippen molar-refractivity contribution < 1.29 is 13.9 Å². The second kappa shape index (κ2) is 7.16. The Balaban J connectivity index is 1.21. The molecule has 0 N–H and O–H groups in total. The molecular formula is C22H24N2O3. The highest BCUT2D eigenvalue weighted by atomic mass is 16.6. The molecule has 2 aliphatic heterocycles. The Hall–Kier alpha value is -2.66. The van der Waals surface area contributed by atoms with Crippen molar-refractivity contribution in [2.45, 2.75) is 6.42 Å². The lowest BCUT2D eigenvalue weighted by molar-refractivity contribution is 0.171. The second-order valence-corrected chi connectivity index (χ2v) is 7.14. The summed E-state index contributed by atoms with van der Waals surface area (Å²) in [6.07, 6.45) is 2.93. The Morgan fingerprint density at radius 1 is 0.852 bits per heavy atom. The molecule has 5 rings (SSSR count). The van der Waals surface area contributed by atoms with Crippen molar-refractivity contribution in [2.75, 3.05) is 50.8 Å². The molecule has 0 saturated carbocycles. The molecule has 2 aromatic carbocycles. The Morgan fingerprint density at radius 3 is 2.63 bits per heavy atom. The number of hydrogen-bond donors (Lipinski definition) is 0. The summed E-state index contributed by atoms with van der Waals surface area (Å²) in [7, 11) is 0. The molecule has 1 fully saturated rings. The predicted molar refractivity (Wildman–Crippen MR) is 106 cm³/mol. The van der Waals surface area contributed by atoms with Crippen molar-refractivity contribution in [2.24, 2.45) is 0 Å². The number of para-hydroxylation sites is 2. The van der Waals surface area contributed by atoms with Gasteiger partial charge in [0.2, 0.25) is 0 Å². The van der Waals surface area contributed by atoms with Gasteiger partial charge in [0.05, 0.1) is 12.0 Å². The van der Waals surface area contributed by atoms with Crippen molar-refractivity contribution in [1.29, 1.82) is 0 Å². The van der Waals surface area contributed by atoms with E-state index in [0.29, 0.717) is 13.2 Å². The summed E-state index contributed by atoms with van der Waals surface area (Å²) in [6, 6.07) is 14.5. The van der Waals surface area contributed by atoms with Crippen LogP contribution in [0, 0.1) is 0 Å². The van der Waals surface area contributed by atoms with Crippen LogP contribution in [0.4, 0.5) is 5.69 Å². The first-order valence-corrected chi connectivity index (χ1v) is 9.69. The van der Waals surface area contributed by atoms with E-state index in [2.05, 4.69) is 34.1 Å². The third kappa shape index (κ3) is 3.23. The monoisotopic (exact) mass is 364 g/mol. The van der Waals surface area contributed by atoms with E-state index in [4.69, 9.17) is 13.9 Å². The summed E-state index contributed by atoms with van der Waals surface area (Å²) >= 11 is 0. The predicted octanol–water partition coefficient (Wildman–Crippen LogP) is 3.57. The minimum absolute atomic E-state index is 0.628. The summed E-state index contributed by atoms with van der Waals surface area (Å²) in [6.45, 7) is 6.44. The fourth-order valence-electron chi connectivity index (χ4n) is 4.02. The maximum atomic E-state index is 5.88. The van der Waals surface area contributed by atoms with E-state index in [1.165, 1.54) is 10.9 Å². The van der Waals surface area contributed by atoms with E-state index in [1.807, 2.05) is 24.5 Å².